The van der Waals surface area contributed by atoms with E-state index in [1.54, 1.807) is 17.0 Å². The van der Waals surface area contributed by atoms with Crippen molar-refractivity contribution in [1.29, 1.82) is 0 Å². The Labute approximate surface area is 129 Å². The Kier molecular flexibility index (Phi) is 4.41. The van der Waals surface area contributed by atoms with Crippen molar-refractivity contribution in [3.05, 3.63) is 35.6 Å². The molecule has 5 heteroatoms. The standard InChI is InChI=1S/C17H21FN2O2/c18-15-5-3-13(4-6-15)7-10-20-12-14(11-16(20)21)17(22)19-8-1-2-9-19/h3-6,14H,1-2,7-12H2. The van der Waals surface area contributed by atoms with Gasteiger partial charge in [0.1, 0.15) is 5.82 Å². The first-order valence-corrected chi connectivity index (χ1v) is 7.94. The maximum atomic E-state index is 12.9. The molecule has 2 fully saturated rings. The summed E-state index contributed by atoms with van der Waals surface area (Å²) in [7, 11) is 0. The molecule has 0 N–H and O–H groups in total. The summed E-state index contributed by atoms with van der Waals surface area (Å²) in [6.45, 7) is 2.78. The fourth-order valence-corrected chi connectivity index (χ4v) is 3.26. The van der Waals surface area contributed by atoms with Gasteiger partial charge in [0.2, 0.25) is 11.8 Å². The van der Waals surface area contributed by atoms with Gasteiger partial charge in [-0.15, -0.1) is 0 Å². The minimum Gasteiger partial charge on any atom is -0.342 e. The van der Waals surface area contributed by atoms with E-state index in [1.807, 2.05) is 4.90 Å². The Morgan fingerprint density at radius 1 is 1.18 bits per heavy atom. The molecular weight excluding hydrogens is 283 g/mol. The third-order valence-corrected chi connectivity index (χ3v) is 4.57. The van der Waals surface area contributed by atoms with E-state index in [4.69, 9.17) is 0 Å². The molecule has 1 unspecified atom stereocenters. The van der Waals surface area contributed by atoms with Crippen LogP contribution in [0.25, 0.3) is 0 Å². The van der Waals surface area contributed by atoms with Crippen molar-refractivity contribution in [3.8, 4) is 0 Å². The van der Waals surface area contributed by atoms with Crippen LogP contribution in [0.2, 0.25) is 0 Å². The summed E-state index contributed by atoms with van der Waals surface area (Å²) in [6, 6.07) is 6.34. The molecule has 0 radical (unpaired) electrons. The molecule has 118 valence electrons. The Morgan fingerprint density at radius 3 is 2.55 bits per heavy atom. The molecule has 0 saturated carbocycles. The summed E-state index contributed by atoms with van der Waals surface area (Å²) in [5.41, 5.74) is 1.00. The van der Waals surface area contributed by atoms with Crippen molar-refractivity contribution in [2.75, 3.05) is 26.2 Å². The van der Waals surface area contributed by atoms with Gasteiger partial charge in [-0.2, -0.15) is 0 Å². The molecule has 2 aliphatic heterocycles. The number of carbonyl (C=O) groups is 2. The van der Waals surface area contributed by atoms with E-state index in [0.717, 1.165) is 31.5 Å². The van der Waals surface area contributed by atoms with Crippen molar-refractivity contribution in [2.24, 2.45) is 5.92 Å². The zero-order valence-electron chi connectivity index (χ0n) is 12.6. The van der Waals surface area contributed by atoms with Crippen LogP contribution in [-0.2, 0) is 16.0 Å². The lowest BCUT2D eigenvalue weighted by Gasteiger charge is -2.20. The number of benzene rings is 1. The van der Waals surface area contributed by atoms with E-state index in [9.17, 15) is 14.0 Å². The summed E-state index contributed by atoms with van der Waals surface area (Å²) in [4.78, 5) is 28.1. The lowest BCUT2D eigenvalue weighted by Crippen LogP contribution is -2.35. The largest absolute Gasteiger partial charge is 0.342 e. The fraction of sp³-hybridized carbons (Fsp3) is 0.529. The molecule has 0 bridgehead atoms. The number of likely N-dealkylation sites (tertiary alicyclic amines) is 2. The molecular formula is C17H21FN2O2. The van der Waals surface area contributed by atoms with Crippen LogP contribution < -0.4 is 0 Å². The van der Waals surface area contributed by atoms with Crippen LogP contribution in [0.5, 0.6) is 0 Å². The highest BCUT2D eigenvalue weighted by Crippen LogP contribution is 2.22. The minimum atomic E-state index is -0.253. The number of rotatable bonds is 4. The fourth-order valence-electron chi connectivity index (χ4n) is 3.26. The second-order valence-corrected chi connectivity index (χ2v) is 6.15. The van der Waals surface area contributed by atoms with E-state index >= 15 is 0 Å². The van der Waals surface area contributed by atoms with Crippen LogP contribution in [0, 0.1) is 11.7 Å². The van der Waals surface area contributed by atoms with Crippen molar-refractivity contribution >= 4 is 11.8 Å². The Morgan fingerprint density at radius 2 is 1.86 bits per heavy atom. The summed E-state index contributed by atoms with van der Waals surface area (Å²) in [5.74, 6) is -0.245. The maximum Gasteiger partial charge on any atom is 0.227 e. The Balaban J connectivity index is 1.53. The number of halogens is 1. The van der Waals surface area contributed by atoms with Crippen LogP contribution in [-0.4, -0.2) is 47.8 Å². The Bertz CT molecular complexity index is 552. The predicted octanol–water partition coefficient (Wildman–Crippen LogP) is 1.84. The zero-order chi connectivity index (χ0) is 15.5. The van der Waals surface area contributed by atoms with Crippen LogP contribution in [0.4, 0.5) is 4.39 Å². The molecule has 0 aromatic heterocycles. The van der Waals surface area contributed by atoms with E-state index < -0.39 is 0 Å². The summed E-state index contributed by atoms with van der Waals surface area (Å²) < 4.78 is 12.9. The second kappa shape index (κ2) is 6.46. The first-order valence-electron chi connectivity index (χ1n) is 7.94. The smallest absolute Gasteiger partial charge is 0.227 e. The quantitative estimate of drug-likeness (QED) is 0.851. The molecule has 2 heterocycles. The molecule has 1 atom stereocenters. The number of hydrogen-bond acceptors (Lipinski definition) is 2. The molecule has 0 aliphatic carbocycles. The molecule has 4 nitrogen and oxygen atoms in total. The molecule has 3 rings (SSSR count). The van der Waals surface area contributed by atoms with Crippen molar-refractivity contribution in [3.63, 3.8) is 0 Å². The van der Waals surface area contributed by atoms with Gasteiger partial charge in [-0.1, -0.05) is 12.1 Å². The van der Waals surface area contributed by atoms with E-state index in [2.05, 4.69) is 0 Å². The summed E-state index contributed by atoms with van der Waals surface area (Å²) in [5, 5.41) is 0. The SMILES string of the molecule is O=C1CC(C(=O)N2CCCC2)CN1CCc1ccc(F)cc1. The van der Waals surface area contributed by atoms with Crippen LogP contribution in [0.3, 0.4) is 0 Å². The van der Waals surface area contributed by atoms with Gasteiger partial charge in [-0.05, 0) is 37.0 Å². The number of nitrogens with zero attached hydrogens (tertiary/aromatic N) is 2. The average Bonchev–Trinajstić information content (AvgIpc) is 3.16. The summed E-state index contributed by atoms with van der Waals surface area (Å²) >= 11 is 0. The van der Waals surface area contributed by atoms with Gasteiger partial charge in [0.25, 0.3) is 0 Å². The number of carbonyl (C=O) groups excluding carboxylic acids is 2. The molecule has 0 spiro atoms. The zero-order valence-corrected chi connectivity index (χ0v) is 12.6. The normalized spacial score (nSPS) is 21.7. The predicted molar refractivity (Wildman–Crippen MR) is 80.6 cm³/mol. The minimum absolute atomic E-state index is 0.0552. The van der Waals surface area contributed by atoms with Gasteiger partial charge in [-0.3, -0.25) is 9.59 Å². The number of amides is 2. The maximum absolute atomic E-state index is 12.9. The average molecular weight is 304 g/mol. The lowest BCUT2D eigenvalue weighted by atomic mass is 10.1. The van der Waals surface area contributed by atoms with Gasteiger partial charge in [0, 0.05) is 32.6 Å². The molecule has 2 aliphatic rings. The summed E-state index contributed by atoms with van der Waals surface area (Å²) in [6.07, 6.45) is 3.16. The van der Waals surface area contributed by atoms with Crippen molar-refractivity contribution < 1.29 is 14.0 Å². The van der Waals surface area contributed by atoms with Crippen LogP contribution >= 0.6 is 0 Å². The van der Waals surface area contributed by atoms with Gasteiger partial charge < -0.3 is 9.80 Å². The van der Waals surface area contributed by atoms with Gasteiger partial charge in [0.05, 0.1) is 5.92 Å². The van der Waals surface area contributed by atoms with Crippen molar-refractivity contribution in [2.45, 2.75) is 25.7 Å². The highest BCUT2D eigenvalue weighted by atomic mass is 19.1. The Hall–Kier alpha value is -1.91. The highest BCUT2D eigenvalue weighted by molar-refractivity contribution is 5.89. The third-order valence-electron chi connectivity index (χ3n) is 4.57. The van der Waals surface area contributed by atoms with Gasteiger partial charge in [-0.25, -0.2) is 4.39 Å². The molecule has 2 amide bonds. The molecule has 1 aromatic carbocycles. The molecule has 2 saturated heterocycles. The third kappa shape index (κ3) is 3.29. The molecule has 1 aromatic rings. The highest BCUT2D eigenvalue weighted by Gasteiger charge is 2.36. The van der Waals surface area contributed by atoms with E-state index in [0.29, 0.717) is 25.9 Å². The lowest BCUT2D eigenvalue weighted by molar-refractivity contribution is -0.134. The molecule has 22 heavy (non-hydrogen) atoms. The first-order chi connectivity index (χ1) is 10.6. The monoisotopic (exact) mass is 304 g/mol. The van der Waals surface area contributed by atoms with E-state index in [1.165, 1.54) is 12.1 Å². The van der Waals surface area contributed by atoms with Crippen LogP contribution in [0.1, 0.15) is 24.8 Å². The van der Waals surface area contributed by atoms with Crippen LogP contribution in [0.15, 0.2) is 24.3 Å². The second-order valence-electron chi connectivity index (χ2n) is 6.15. The van der Waals surface area contributed by atoms with Crippen molar-refractivity contribution in [1.82, 2.24) is 9.80 Å². The number of hydrogen-bond donors (Lipinski definition) is 0. The van der Waals surface area contributed by atoms with E-state index in [-0.39, 0.29) is 23.5 Å². The first kappa shape index (κ1) is 15.0. The van der Waals surface area contributed by atoms with Gasteiger partial charge >= 0.3 is 0 Å². The van der Waals surface area contributed by atoms with Gasteiger partial charge in [0.15, 0.2) is 0 Å². The topological polar surface area (TPSA) is 40.6 Å².